The number of ether oxygens (including phenoxy) is 2. The molecule has 0 spiro atoms. The van der Waals surface area contributed by atoms with Crippen molar-refractivity contribution in [3.8, 4) is 0 Å². The Hall–Kier alpha value is -1.96. The van der Waals surface area contributed by atoms with Gasteiger partial charge in [-0.05, 0) is 63.9 Å². The maximum Gasteiger partial charge on any atom is 0.306 e. The van der Waals surface area contributed by atoms with Gasteiger partial charge in [-0.2, -0.15) is 0 Å². The molecule has 0 aromatic carbocycles. The molecule has 302 valence electrons. The first-order valence-electron chi connectivity index (χ1n) is 20.9. The summed E-state index contributed by atoms with van der Waals surface area (Å²) in [6, 6.07) is 0. The summed E-state index contributed by atoms with van der Waals surface area (Å²) in [5, 5.41) is 0. The minimum absolute atomic E-state index is 0.00646. The number of phosphoric ester groups is 1. The van der Waals surface area contributed by atoms with Crippen LogP contribution in [0.5, 0.6) is 0 Å². The molecule has 0 amide bonds. The molecule has 0 heterocycles. The molecule has 3 N–H and O–H groups in total. The summed E-state index contributed by atoms with van der Waals surface area (Å²) in [4.78, 5) is 24.5. The predicted molar refractivity (Wildman–Crippen MR) is 216 cm³/mol. The molecule has 0 aliphatic carbocycles. The summed E-state index contributed by atoms with van der Waals surface area (Å²) < 4.78 is 32.8. The Labute approximate surface area is 319 Å². The molecule has 0 fully saturated rings. The van der Waals surface area contributed by atoms with E-state index in [4.69, 9.17) is 18.5 Å². The van der Waals surface area contributed by atoms with Crippen LogP contribution in [0.25, 0.3) is 0 Å². The molecule has 2 unspecified atom stereocenters. The lowest BCUT2D eigenvalue weighted by atomic mass is 10.0. The number of hydrogen-bond acceptors (Lipinski definition) is 7. The van der Waals surface area contributed by atoms with Crippen LogP contribution < -0.4 is 10.6 Å². The van der Waals surface area contributed by atoms with Gasteiger partial charge in [0.1, 0.15) is 13.2 Å². The number of quaternary nitrogens is 1. The highest BCUT2D eigenvalue weighted by Gasteiger charge is 2.19. The summed E-state index contributed by atoms with van der Waals surface area (Å²) in [6.45, 7) is 4.34. The maximum atomic E-state index is 12.5. The molecule has 0 saturated heterocycles. The van der Waals surface area contributed by atoms with Gasteiger partial charge in [-0.3, -0.25) is 9.36 Å². The highest BCUT2D eigenvalue weighted by molar-refractivity contribution is 7.45. The molecule has 9 heteroatoms. The van der Waals surface area contributed by atoms with E-state index >= 15 is 0 Å². The minimum atomic E-state index is -4.52. The largest absolute Gasteiger partial charge is 0.756 e. The van der Waals surface area contributed by atoms with Crippen molar-refractivity contribution in [1.29, 1.82) is 0 Å². The summed E-state index contributed by atoms with van der Waals surface area (Å²) in [5.74, 6) is -0.418. The van der Waals surface area contributed by atoms with Gasteiger partial charge in [0.25, 0.3) is 7.82 Å². The minimum Gasteiger partial charge on any atom is -0.756 e. The second-order valence-corrected chi connectivity index (χ2v) is 15.0. The van der Waals surface area contributed by atoms with Crippen molar-refractivity contribution >= 4 is 13.8 Å². The highest BCUT2D eigenvalue weighted by atomic mass is 31.2. The summed E-state index contributed by atoms with van der Waals surface area (Å²) >= 11 is 0. The van der Waals surface area contributed by atoms with Crippen molar-refractivity contribution in [3.05, 3.63) is 60.9 Å². The topological polar surface area (TPSA) is 122 Å². The number of phosphoric acid groups is 1. The summed E-state index contributed by atoms with van der Waals surface area (Å²) in [6.07, 6.45) is 49.0. The van der Waals surface area contributed by atoms with E-state index in [9.17, 15) is 14.3 Å². The highest BCUT2D eigenvalue weighted by Crippen LogP contribution is 2.38. The van der Waals surface area contributed by atoms with Gasteiger partial charge >= 0.3 is 5.97 Å². The van der Waals surface area contributed by atoms with Crippen LogP contribution in [0.15, 0.2) is 60.9 Å². The van der Waals surface area contributed by atoms with Crippen LogP contribution in [0.2, 0.25) is 0 Å². The summed E-state index contributed by atoms with van der Waals surface area (Å²) in [5.41, 5.74) is 3.57. The van der Waals surface area contributed by atoms with Crippen LogP contribution in [0, 0.1) is 0 Å². The van der Waals surface area contributed by atoms with Crippen LogP contribution in [-0.2, 0) is 27.9 Å². The predicted octanol–water partition coefficient (Wildman–Crippen LogP) is 11.2. The third-order valence-corrected chi connectivity index (χ3v) is 9.48. The third kappa shape index (κ3) is 39.3. The van der Waals surface area contributed by atoms with E-state index in [1.54, 1.807) is 6.26 Å². The van der Waals surface area contributed by atoms with Crippen molar-refractivity contribution in [3.63, 3.8) is 0 Å². The van der Waals surface area contributed by atoms with Gasteiger partial charge in [0.05, 0.1) is 19.4 Å². The van der Waals surface area contributed by atoms with Gasteiger partial charge < -0.3 is 29.1 Å². The Morgan fingerprint density at radius 3 is 1.58 bits per heavy atom. The van der Waals surface area contributed by atoms with Crippen molar-refractivity contribution in [2.45, 2.75) is 180 Å². The SMILES string of the molecule is CCCCCC=CCC=CCC=CCC=CCCCC(=O)OC(COC=CCCCCCCCCCCCCCCCC)COP(=O)([O-])OCC[NH3+]. The fourth-order valence-electron chi connectivity index (χ4n) is 5.43. The van der Waals surface area contributed by atoms with Gasteiger partial charge in [-0.15, -0.1) is 0 Å². The van der Waals surface area contributed by atoms with Gasteiger partial charge in [0.2, 0.25) is 0 Å². The first-order chi connectivity index (χ1) is 25.4. The van der Waals surface area contributed by atoms with Crippen molar-refractivity contribution < 1.29 is 38.5 Å². The lowest BCUT2D eigenvalue weighted by Gasteiger charge is -2.25. The Kier molecular flexibility index (Phi) is 38.7. The van der Waals surface area contributed by atoms with Gasteiger partial charge in [-0.25, -0.2) is 0 Å². The molecular weight excluding hydrogens is 673 g/mol. The van der Waals surface area contributed by atoms with Gasteiger partial charge in [0.15, 0.2) is 6.10 Å². The molecule has 0 radical (unpaired) electrons. The lowest BCUT2D eigenvalue weighted by molar-refractivity contribution is -0.373. The van der Waals surface area contributed by atoms with Crippen molar-refractivity contribution in [2.75, 3.05) is 26.4 Å². The van der Waals surface area contributed by atoms with E-state index in [0.29, 0.717) is 13.0 Å². The lowest BCUT2D eigenvalue weighted by Crippen LogP contribution is -2.52. The molecular formula is C43H78NO7P. The third-order valence-electron chi connectivity index (χ3n) is 8.52. The molecule has 0 bridgehead atoms. The standard InChI is InChI=1S/C43H78NO7P/c1-3-5-7-9-11-13-15-17-19-21-22-24-26-28-30-32-34-36-43(45)51-42(41-50-52(46,47)49-39-37-44)40-48-38-35-33-31-29-27-25-23-20-18-16-14-12-10-8-6-4-2/h11,13,17,19,22,24,28,30,35,38,42H,3-10,12,14-16,18,20-21,23,25-27,29,31-34,36-37,39-41,44H2,1-2H3,(H,46,47). The number of rotatable bonds is 39. The second-order valence-electron chi connectivity index (χ2n) is 13.6. The van der Waals surface area contributed by atoms with Crippen LogP contribution in [0.1, 0.15) is 174 Å². The maximum absolute atomic E-state index is 12.5. The zero-order valence-corrected chi connectivity index (χ0v) is 34.3. The number of carbonyl (C=O) groups excluding carboxylic acids is 1. The van der Waals surface area contributed by atoms with Crippen LogP contribution in [0.4, 0.5) is 0 Å². The monoisotopic (exact) mass is 752 g/mol. The Balaban J connectivity index is 4.21. The van der Waals surface area contributed by atoms with E-state index < -0.39 is 19.9 Å². The van der Waals surface area contributed by atoms with E-state index in [-0.39, 0.29) is 26.2 Å². The fourth-order valence-corrected chi connectivity index (χ4v) is 6.21. The molecule has 0 rings (SSSR count). The average molecular weight is 752 g/mol. The fraction of sp³-hybridized carbons (Fsp3) is 0.744. The Bertz CT molecular complexity index is 979. The van der Waals surface area contributed by atoms with E-state index in [0.717, 1.165) is 38.5 Å². The zero-order valence-electron chi connectivity index (χ0n) is 33.4. The van der Waals surface area contributed by atoms with Crippen molar-refractivity contribution in [2.24, 2.45) is 0 Å². The first-order valence-corrected chi connectivity index (χ1v) is 22.4. The number of allylic oxidation sites excluding steroid dienone is 9. The zero-order chi connectivity index (χ0) is 38.1. The molecule has 0 aromatic rings. The smallest absolute Gasteiger partial charge is 0.306 e. The van der Waals surface area contributed by atoms with Crippen molar-refractivity contribution in [1.82, 2.24) is 0 Å². The Morgan fingerprint density at radius 2 is 1.04 bits per heavy atom. The normalized spacial score (nSPS) is 14.1. The number of esters is 1. The van der Waals surface area contributed by atoms with Gasteiger partial charge in [0, 0.05) is 6.42 Å². The van der Waals surface area contributed by atoms with Gasteiger partial charge in [-0.1, -0.05) is 159 Å². The molecule has 0 aliphatic rings. The molecule has 0 aliphatic heterocycles. The molecule has 8 nitrogen and oxygen atoms in total. The quantitative estimate of drug-likeness (QED) is 0.0218. The number of hydrogen-bond donors (Lipinski definition) is 1. The van der Waals surface area contributed by atoms with Crippen LogP contribution >= 0.6 is 7.82 Å². The van der Waals surface area contributed by atoms with E-state index in [1.165, 1.54) is 109 Å². The summed E-state index contributed by atoms with van der Waals surface area (Å²) in [7, 11) is -4.52. The van der Waals surface area contributed by atoms with Crippen LogP contribution in [-0.4, -0.2) is 38.4 Å². The molecule has 52 heavy (non-hydrogen) atoms. The second kappa shape index (κ2) is 40.2. The number of carbonyl (C=O) groups is 1. The molecule has 0 saturated carbocycles. The Morgan fingerprint density at radius 1 is 0.596 bits per heavy atom. The van der Waals surface area contributed by atoms with Crippen LogP contribution in [0.3, 0.4) is 0 Å². The van der Waals surface area contributed by atoms with E-state index in [1.807, 2.05) is 6.08 Å². The average Bonchev–Trinajstić information content (AvgIpc) is 3.13. The molecule has 0 aromatic heterocycles. The molecule has 2 atom stereocenters. The number of unbranched alkanes of at least 4 members (excludes halogenated alkanes) is 18. The first kappa shape index (κ1) is 50.0. The van der Waals surface area contributed by atoms with E-state index in [2.05, 4.69) is 68.2 Å².